The van der Waals surface area contributed by atoms with Gasteiger partial charge in [0.25, 0.3) is 11.8 Å². The van der Waals surface area contributed by atoms with Crippen LogP contribution in [0.2, 0.25) is 0 Å². The largest absolute Gasteiger partial charge is 0.457 e. The summed E-state index contributed by atoms with van der Waals surface area (Å²) in [5.41, 5.74) is 4.55. The first-order valence-corrected chi connectivity index (χ1v) is 11.8. The second kappa shape index (κ2) is 9.64. The van der Waals surface area contributed by atoms with Crippen LogP contribution in [0.4, 0.5) is 5.69 Å². The van der Waals surface area contributed by atoms with E-state index in [4.69, 9.17) is 17.0 Å². The van der Waals surface area contributed by atoms with Crippen molar-refractivity contribution in [1.82, 2.24) is 9.88 Å². The molecule has 3 aromatic carbocycles. The number of aryl methyl sites for hydroxylation is 2. The van der Waals surface area contributed by atoms with Crippen molar-refractivity contribution in [3.05, 3.63) is 114 Å². The number of benzene rings is 3. The maximum absolute atomic E-state index is 13.3. The number of para-hydroxylation sites is 1. The van der Waals surface area contributed by atoms with Gasteiger partial charge in [0.15, 0.2) is 5.11 Å². The van der Waals surface area contributed by atoms with E-state index in [1.807, 2.05) is 68.4 Å². The molecule has 2 amide bonds. The number of ether oxygens (including phenoxy) is 1. The number of amides is 2. The minimum Gasteiger partial charge on any atom is -0.457 e. The van der Waals surface area contributed by atoms with E-state index in [-0.39, 0.29) is 10.7 Å². The Morgan fingerprint density at radius 1 is 0.750 bits per heavy atom. The quantitative estimate of drug-likeness (QED) is 0.220. The fourth-order valence-corrected chi connectivity index (χ4v) is 4.42. The van der Waals surface area contributed by atoms with Gasteiger partial charge in [-0.15, -0.1) is 0 Å². The van der Waals surface area contributed by atoms with Crippen LogP contribution in [0.1, 0.15) is 17.0 Å². The zero-order chi connectivity index (χ0) is 25.2. The molecule has 5 rings (SSSR count). The van der Waals surface area contributed by atoms with E-state index in [9.17, 15) is 9.59 Å². The molecule has 36 heavy (non-hydrogen) atoms. The molecule has 2 heterocycles. The maximum atomic E-state index is 13.3. The highest BCUT2D eigenvalue weighted by molar-refractivity contribution is 7.80. The number of hydrogen-bond donors (Lipinski definition) is 1. The first-order chi connectivity index (χ1) is 17.4. The Labute approximate surface area is 214 Å². The third kappa shape index (κ3) is 4.56. The average Bonchev–Trinajstić information content (AvgIpc) is 3.21. The summed E-state index contributed by atoms with van der Waals surface area (Å²) in [6.07, 6.45) is 1.58. The zero-order valence-corrected chi connectivity index (χ0v) is 20.6. The van der Waals surface area contributed by atoms with Crippen LogP contribution in [0, 0.1) is 13.8 Å². The number of hydrogen-bond acceptors (Lipinski definition) is 4. The average molecular weight is 494 g/mol. The van der Waals surface area contributed by atoms with Crippen molar-refractivity contribution in [1.29, 1.82) is 0 Å². The van der Waals surface area contributed by atoms with Crippen LogP contribution < -0.4 is 15.0 Å². The number of carbonyl (C=O) groups is 2. The molecule has 0 saturated carbocycles. The topological polar surface area (TPSA) is 63.6 Å². The molecular weight excluding hydrogens is 470 g/mol. The van der Waals surface area contributed by atoms with Gasteiger partial charge in [-0.1, -0.05) is 30.3 Å². The smallest absolute Gasteiger partial charge is 0.270 e. The number of carbonyl (C=O) groups excluding carboxylic acids is 2. The predicted octanol–water partition coefficient (Wildman–Crippen LogP) is 5.72. The van der Waals surface area contributed by atoms with Crippen LogP contribution in [0.25, 0.3) is 11.8 Å². The Balaban J connectivity index is 1.39. The van der Waals surface area contributed by atoms with Gasteiger partial charge >= 0.3 is 0 Å². The van der Waals surface area contributed by atoms with Gasteiger partial charge < -0.3 is 9.30 Å². The molecule has 0 bridgehead atoms. The Morgan fingerprint density at radius 2 is 1.33 bits per heavy atom. The molecule has 0 spiro atoms. The van der Waals surface area contributed by atoms with Crippen LogP contribution in [0.15, 0.2) is 96.6 Å². The van der Waals surface area contributed by atoms with Crippen LogP contribution in [-0.4, -0.2) is 21.5 Å². The van der Waals surface area contributed by atoms with E-state index in [0.717, 1.165) is 22.6 Å². The molecule has 1 aromatic heterocycles. The molecule has 178 valence electrons. The number of nitrogens with one attached hydrogen (secondary N) is 1. The van der Waals surface area contributed by atoms with E-state index in [2.05, 4.69) is 22.0 Å². The summed E-state index contributed by atoms with van der Waals surface area (Å²) in [5, 5.41) is 2.66. The van der Waals surface area contributed by atoms with E-state index < -0.39 is 11.8 Å². The second-order valence-electron chi connectivity index (χ2n) is 8.41. The summed E-state index contributed by atoms with van der Waals surface area (Å²) in [6.45, 7) is 4.09. The monoisotopic (exact) mass is 493 g/mol. The van der Waals surface area contributed by atoms with Gasteiger partial charge in [-0.2, -0.15) is 0 Å². The van der Waals surface area contributed by atoms with Gasteiger partial charge in [0, 0.05) is 17.1 Å². The molecule has 0 radical (unpaired) electrons. The van der Waals surface area contributed by atoms with Crippen molar-refractivity contribution in [3.63, 3.8) is 0 Å². The Kier molecular flexibility index (Phi) is 6.23. The Hall–Kier alpha value is -4.49. The fraction of sp³-hybridized carbons (Fsp3) is 0.0690. The maximum Gasteiger partial charge on any atom is 0.270 e. The molecular formula is C29H23N3O3S. The number of aromatic nitrogens is 1. The molecule has 1 aliphatic rings. The normalized spacial score (nSPS) is 14.8. The number of nitrogens with zero attached hydrogens (tertiary/aromatic N) is 2. The summed E-state index contributed by atoms with van der Waals surface area (Å²) < 4.78 is 7.96. The molecule has 0 atom stereocenters. The number of rotatable bonds is 5. The third-order valence-corrected chi connectivity index (χ3v) is 6.19. The molecule has 1 N–H and O–H groups in total. The SMILES string of the molecule is Cc1ccc(C)n1-c1ccc(C=C2C(=O)NC(=S)N(c3ccc(Oc4ccccc4)cc3)C2=O)cc1. The van der Waals surface area contributed by atoms with Gasteiger partial charge in [-0.3, -0.25) is 19.8 Å². The summed E-state index contributed by atoms with van der Waals surface area (Å²) >= 11 is 5.32. The van der Waals surface area contributed by atoms with Crippen LogP contribution in [0.3, 0.4) is 0 Å². The van der Waals surface area contributed by atoms with Crippen LogP contribution in [0.5, 0.6) is 11.5 Å². The zero-order valence-electron chi connectivity index (χ0n) is 19.8. The lowest BCUT2D eigenvalue weighted by Crippen LogP contribution is -2.54. The van der Waals surface area contributed by atoms with E-state index in [1.165, 1.54) is 4.90 Å². The Bertz CT molecular complexity index is 1470. The lowest BCUT2D eigenvalue weighted by atomic mass is 10.1. The summed E-state index contributed by atoms with van der Waals surface area (Å²) in [5.74, 6) is 0.321. The molecule has 1 aliphatic heterocycles. The van der Waals surface area contributed by atoms with E-state index in [0.29, 0.717) is 17.2 Å². The molecule has 1 fully saturated rings. The van der Waals surface area contributed by atoms with E-state index >= 15 is 0 Å². The predicted molar refractivity (Wildman–Crippen MR) is 144 cm³/mol. The second-order valence-corrected chi connectivity index (χ2v) is 8.80. The molecule has 0 unspecified atom stereocenters. The van der Waals surface area contributed by atoms with Crippen molar-refractivity contribution < 1.29 is 14.3 Å². The molecule has 1 saturated heterocycles. The third-order valence-electron chi connectivity index (χ3n) is 5.91. The highest BCUT2D eigenvalue weighted by Gasteiger charge is 2.34. The molecule has 4 aromatic rings. The van der Waals surface area contributed by atoms with Gasteiger partial charge in [0.2, 0.25) is 0 Å². The lowest BCUT2D eigenvalue weighted by molar-refractivity contribution is -0.122. The van der Waals surface area contributed by atoms with Gasteiger partial charge in [0.05, 0.1) is 5.69 Å². The molecule has 0 aliphatic carbocycles. The highest BCUT2D eigenvalue weighted by atomic mass is 32.1. The van der Waals surface area contributed by atoms with Crippen molar-refractivity contribution in [3.8, 4) is 17.2 Å². The summed E-state index contributed by atoms with van der Waals surface area (Å²) in [4.78, 5) is 27.3. The van der Waals surface area contributed by atoms with Crippen LogP contribution in [-0.2, 0) is 9.59 Å². The van der Waals surface area contributed by atoms with Crippen molar-refractivity contribution in [2.24, 2.45) is 0 Å². The lowest BCUT2D eigenvalue weighted by Gasteiger charge is -2.29. The summed E-state index contributed by atoms with van der Waals surface area (Å²) in [6, 6.07) is 28.2. The van der Waals surface area contributed by atoms with Gasteiger partial charge in [0.1, 0.15) is 17.1 Å². The van der Waals surface area contributed by atoms with Crippen molar-refractivity contribution in [2.75, 3.05) is 4.90 Å². The minimum absolute atomic E-state index is 0.00860. The van der Waals surface area contributed by atoms with Gasteiger partial charge in [-0.05, 0) is 98.4 Å². The highest BCUT2D eigenvalue weighted by Crippen LogP contribution is 2.27. The molecule has 6 nitrogen and oxygen atoms in total. The standard InChI is InChI=1S/C29H23N3O3S/c1-19-8-9-20(2)31(19)22-12-10-21(11-13-22)18-26-27(33)30-29(36)32(28(26)34)23-14-16-25(17-15-23)35-24-6-4-3-5-7-24/h3-18H,1-2H3,(H,30,33,36). The van der Waals surface area contributed by atoms with Crippen molar-refractivity contribution in [2.45, 2.75) is 13.8 Å². The first-order valence-electron chi connectivity index (χ1n) is 11.4. The van der Waals surface area contributed by atoms with E-state index in [1.54, 1.807) is 30.3 Å². The van der Waals surface area contributed by atoms with Crippen LogP contribution >= 0.6 is 12.2 Å². The summed E-state index contributed by atoms with van der Waals surface area (Å²) in [7, 11) is 0. The van der Waals surface area contributed by atoms with Gasteiger partial charge in [-0.25, -0.2) is 0 Å². The fourth-order valence-electron chi connectivity index (χ4n) is 4.14. The number of thiocarbonyl (C=S) groups is 1. The minimum atomic E-state index is -0.522. The van der Waals surface area contributed by atoms with Crippen molar-refractivity contribution >= 4 is 40.9 Å². The number of anilines is 1. The first kappa shape index (κ1) is 23.3. The molecule has 7 heteroatoms. The Morgan fingerprint density at radius 3 is 1.97 bits per heavy atom.